The third-order valence-electron chi connectivity index (χ3n) is 1.10. The van der Waals surface area contributed by atoms with Crippen molar-refractivity contribution in [1.82, 2.24) is 5.32 Å². The minimum Gasteiger partial charge on any atom is -0.405 e. The summed E-state index contributed by atoms with van der Waals surface area (Å²) in [6.45, 7) is 1.60. The van der Waals surface area contributed by atoms with Gasteiger partial charge in [0.25, 0.3) is 0 Å². The molecule has 3 nitrogen and oxygen atoms in total. The molecule has 0 saturated heterocycles. The first kappa shape index (κ1) is 9.97. The van der Waals surface area contributed by atoms with Crippen LogP contribution in [0.15, 0.2) is 24.3 Å². The highest BCUT2D eigenvalue weighted by Crippen LogP contribution is 1.91. The second-order valence-corrected chi connectivity index (χ2v) is 2.21. The average Bonchev–Trinajstić information content (AvgIpc) is 2.00. The maximum atomic E-state index is 11.7. The predicted molar refractivity (Wildman–Crippen MR) is 43.9 cm³/mol. The molecule has 5 N–H and O–H groups in total. The van der Waals surface area contributed by atoms with E-state index < -0.39 is 0 Å². The van der Waals surface area contributed by atoms with Gasteiger partial charge in [-0.1, -0.05) is 6.08 Å². The third-order valence-corrected chi connectivity index (χ3v) is 1.10. The summed E-state index contributed by atoms with van der Waals surface area (Å²) in [5.74, 6) is 0. The van der Waals surface area contributed by atoms with Crippen molar-refractivity contribution in [3.8, 4) is 0 Å². The van der Waals surface area contributed by atoms with E-state index in [4.69, 9.17) is 11.5 Å². The minimum absolute atomic E-state index is 0.276. The standard InChI is InChI=1S/C7H14FN3/c1-6(5-8)11-7(10)3-2-4-9/h2,4-5,7,11H,3,9-10H2,1H3/b4-2+,6-5+. The van der Waals surface area contributed by atoms with Crippen LogP contribution in [0, 0.1) is 0 Å². The Labute approximate surface area is 65.9 Å². The second kappa shape index (κ2) is 5.73. The van der Waals surface area contributed by atoms with E-state index in [1.165, 1.54) is 6.20 Å². The van der Waals surface area contributed by atoms with Crippen LogP contribution in [-0.4, -0.2) is 6.17 Å². The smallest absolute Gasteiger partial charge is 0.105 e. The highest BCUT2D eigenvalue weighted by atomic mass is 19.1. The Bertz CT molecular complexity index is 154. The minimum atomic E-state index is -0.276. The molecule has 0 aliphatic heterocycles. The number of hydrogen-bond donors (Lipinski definition) is 3. The molecule has 1 atom stereocenters. The summed E-state index contributed by atoms with van der Waals surface area (Å²) in [4.78, 5) is 0. The van der Waals surface area contributed by atoms with Crippen LogP contribution in [0.5, 0.6) is 0 Å². The summed E-state index contributed by atoms with van der Waals surface area (Å²) < 4.78 is 11.7. The van der Waals surface area contributed by atoms with Crippen molar-refractivity contribution < 1.29 is 4.39 Å². The molecule has 0 radical (unpaired) electrons. The highest BCUT2D eigenvalue weighted by molar-refractivity contribution is 4.92. The predicted octanol–water partition coefficient (Wildman–Crippen LogP) is 0.554. The van der Waals surface area contributed by atoms with Crippen molar-refractivity contribution in [2.24, 2.45) is 11.5 Å². The molecule has 4 heteroatoms. The summed E-state index contributed by atoms with van der Waals surface area (Å²) >= 11 is 0. The fourth-order valence-corrected chi connectivity index (χ4v) is 0.608. The van der Waals surface area contributed by atoms with Crippen LogP contribution in [0.1, 0.15) is 13.3 Å². The molecule has 0 aromatic rings. The van der Waals surface area contributed by atoms with Gasteiger partial charge in [-0.3, -0.25) is 0 Å². The Morgan fingerprint density at radius 1 is 1.73 bits per heavy atom. The highest BCUT2D eigenvalue weighted by Gasteiger charge is 1.97. The van der Waals surface area contributed by atoms with Gasteiger partial charge in [0.1, 0.15) is 6.33 Å². The zero-order chi connectivity index (χ0) is 8.69. The monoisotopic (exact) mass is 159 g/mol. The number of allylic oxidation sites excluding steroid dienone is 1. The molecule has 0 aromatic carbocycles. The second-order valence-electron chi connectivity index (χ2n) is 2.21. The van der Waals surface area contributed by atoms with E-state index in [0.717, 1.165) is 0 Å². The van der Waals surface area contributed by atoms with Crippen molar-refractivity contribution in [3.63, 3.8) is 0 Å². The van der Waals surface area contributed by atoms with Crippen molar-refractivity contribution >= 4 is 0 Å². The summed E-state index contributed by atoms with van der Waals surface area (Å²) in [5, 5.41) is 2.72. The van der Waals surface area contributed by atoms with Crippen molar-refractivity contribution in [2.45, 2.75) is 19.5 Å². The maximum absolute atomic E-state index is 11.7. The number of nitrogens with two attached hydrogens (primary N) is 2. The summed E-state index contributed by atoms with van der Waals surface area (Å²) in [6.07, 6.45) is 3.91. The first-order valence-corrected chi connectivity index (χ1v) is 3.36. The lowest BCUT2D eigenvalue weighted by Crippen LogP contribution is -2.35. The number of rotatable bonds is 4. The molecule has 0 rings (SSSR count). The fourth-order valence-electron chi connectivity index (χ4n) is 0.608. The van der Waals surface area contributed by atoms with Gasteiger partial charge < -0.3 is 16.8 Å². The van der Waals surface area contributed by atoms with Crippen LogP contribution in [-0.2, 0) is 0 Å². The van der Waals surface area contributed by atoms with E-state index in [1.807, 2.05) is 0 Å². The summed E-state index contributed by atoms with van der Waals surface area (Å²) in [6, 6.07) is 0. The third kappa shape index (κ3) is 5.42. The Hall–Kier alpha value is -1.03. The van der Waals surface area contributed by atoms with Crippen LogP contribution >= 0.6 is 0 Å². The Kier molecular flexibility index (Phi) is 5.20. The molecule has 0 aliphatic carbocycles. The molecule has 0 amide bonds. The number of hydrogen-bond acceptors (Lipinski definition) is 3. The van der Waals surface area contributed by atoms with Gasteiger partial charge >= 0.3 is 0 Å². The van der Waals surface area contributed by atoms with Crippen LogP contribution < -0.4 is 16.8 Å². The molecule has 0 spiro atoms. The van der Waals surface area contributed by atoms with Crippen molar-refractivity contribution in [2.75, 3.05) is 0 Å². The quantitative estimate of drug-likeness (QED) is 0.525. The zero-order valence-electron chi connectivity index (χ0n) is 6.55. The van der Waals surface area contributed by atoms with E-state index in [-0.39, 0.29) is 6.17 Å². The molecule has 0 fully saturated rings. The average molecular weight is 159 g/mol. The van der Waals surface area contributed by atoms with E-state index in [2.05, 4.69) is 5.32 Å². The van der Waals surface area contributed by atoms with Gasteiger partial charge in [0.05, 0.1) is 6.17 Å². The molecule has 64 valence electrons. The Morgan fingerprint density at radius 3 is 2.82 bits per heavy atom. The van der Waals surface area contributed by atoms with Crippen LogP contribution in [0.25, 0.3) is 0 Å². The molecule has 1 unspecified atom stereocenters. The molecule has 11 heavy (non-hydrogen) atoms. The summed E-state index contributed by atoms with van der Waals surface area (Å²) in [7, 11) is 0. The molecule has 0 aromatic heterocycles. The molecule has 0 bridgehead atoms. The molecular weight excluding hydrogens is 145 g/mol. The van der Waals surface area contributed by atoms with Gasteiger partial charge in [-0.25, -0.2) is 4.39 Å². The van der Waals surface area contributed by atoms with E-state index >= 15 is 0 Å². The van der Waals surface area contributed by atoms with Gasteiger partial charge in [-0.2, -0.15) is 0 Å². The van der Waals surface area contributed by atoms with Crippen LogP contribution in [0.4, 0.5) is 4.39 Å². The Morgan fingerprint density at radius 2 is 2.36 bits per heavy atom. The van der Waals surface area contributed by atoms with Gasteiger partial charge in [0.2, 0.25) is 0 Å². The lowest BCUT2D eigenvalue weighted by atomic mass is 10.3. The molecule has 0 saturated carbocycles. The Balaban J connectivity index is 3.60. The lowest BCUT2D eigenvalue weighted by Gasteiger charge is -2.11. The van der Waals surface area contributed by atoms with Crippen molar-refractivity contribution in [1.29, 1.82) is 0 Å². The molecular formula is C7H14FN3. The van der Waals surface area contributed by atoms with Crippen molar-refractivity contribution in [3.05, 3.63) is 24.3 Å². The molecule has 0 aliphatic rings. The van der Waals surface area contributed by atoms with Gasteiger partial charge in [-0.15, -0.1) is 0 Å². The topological polar surface area (TPSA) is 64.1 Å². The maximum Gasteiger partial charge on any atom is 0.105 e. The zero-order valence-corrected chi connectivity index (χ0v) is 6.55. The van der Waals surface area contributed by atoms with Gasteiger partial charge in [0, 0.05) is 12.1 Å². The summed E-state index contributed by atoms with van der Waals surface area (Å²) in [5.41, 5.74) is 11.0. The van der Waals surface area contributed by atoms with Crippen LogP contribution in [0.3, 0.4) is 0 Å². The lowest BCUT2D eigenvalue weighted by molar-refractivity contribution is 0.576. The number of nitrogens with one attached hydrogen (secondary N) is 1. The van der Waals surface area contributed by atoms with E-state index in [0.29, 0.717) is 18.4 Å². The number of halogens is 1. The normalized spacial score (nSPS) is 15.4. The van der Waals surface area contributed by atoms with Gasteiger partial charge in [0.15, 0.2) is 0 Å². The van der Waals surface area contributed by atoms with E-state index in [9.17, 15) is 4.39 Å². The SMILES string of the molecule is C/C(=C\F)NC(N)C/C=C/N. The first-order chi connectivity index (χ1) is 5.20. The molecule has 0 heterocycles. The fraction of sp³-hybridized carbons (Fsp3) is 0.429. The van der Waals surface area contributed by atoms with Gasteiger partial charge in [-0.05, 0) is 13.1 Å². The largest absolute Gasteiger partial charge is 0.405 e. The van der Waals surface area contributed by atoms with E-state index in [1.54, 1.807) is 13.0 Å². The first-order valence-electron chi connectivity index (χ1n) is 3.36. The van der Waals surface area contributed by atoms with Crippen LogP contribution in [0.2, 0.25) is 0 Å².